The maximum Gasteiger partial charge on any atom is 0.252 e. The van der Waals surface area contributed by atoms with Gasteiger partial charge in [0, 0.05) is 48.7 Å². The third-order valence-corrected chi connectivity index (χ3v) is 5.31. The number of hydrogen-bond acceptors (Lipinski definition) is 4. The van der Waals surface area contributed by atoms with Gasteiger partial charge in [-0.05, 0) is 46.4 Å². The quantitative estimate of drug-likeness (QED) is 0.686. The molecule has 1 saturated heterocycles. The van der Waals surface area contributed by atoms with Gasteiger partial charge in [0.05, 0.1) is 12.1 Å². The number of benzene rings is 1. The Kier molecular flexibility index (Phi) is 6.56. The van der Waals surface area contributed by atoms with E-state index in [-0.39, 0.29) is 18.4 Å². The number of aromatic nitrogens is 1. The minimum absolute atomic E-state index is 0.0341. The molecule has 2 amide bonds. The van der Waals surface area contributed by atoms with E-state index >= 15 is 0 Å². The lowest BCUT2D eigenvalue weighted by atomic mass is 10.2. The zero-order valence-electron chi connectivity index (χ0n) is 14.4. The van der Waals surface area contributed by atoms with Crippen LogP contribution in [0.4, 0.5) is 0 Å². The Bertz CT molecular complexity index is 761. The van der Waals surface area contributed by atoms with E-state index in [1.807, 2.05) is 35.4 Å². The summed E-state index contributed by atoms with van der Waals surface area (Å²) < 4.78 is 0.874. The minimum atomic E-state index is -0.210. The van der Waals surface area contributed by atoms with Crippen LogP contribution in [0.2, 0.25) is 0 Å². The molecule has 2 aromatic rings. The smallest absolute Gasteiger partial charge is 0.252 e. The zero-order chi connectivity index (χ0) is 18.4. The number of rotatable bonds is 5. The fraction of sp³-hybridized carbons (Fsp3) is 0.316. The molecule has 0 unspecified atom stereocenters. The highest BCUT2D eigenvalue weighted by atomic mass is 127. The van der Waals surface area contributed by atoms with Gasteiger partial charge >= 0.3 is 0 Å². The van der Waals surface area contributed by atoms with Gasteiger partial charge in [-0.15, -0.1) is 0 Å². The number of hydrogen-bond donors (Lipinski definition) is 1. The molecule has 26 heavy (non-hydrogen) atoms. The van der Waals surface area contributed by atoms with Gasteiger partial charge in [0.15, 0.2) is 0 Å². The SMILES string of the molecule is O=C(NCC(=O)N1CCN(Cc2cccnc2)CC1)c1ccccc1I. The van der Waals surface area contributed by atoms with Crippen molar-refractivity contribution in [2.45, 2.75) is 6.54 Å². The Morgan fingerprint density at radius 3 is 2.54 bits per heavy atom. The summed E-state index contributed by atoms with van der Waals surface area (Å²) in [6.07, 6.45) is 3.64. The fourth-order valence-electron chi connectivity index (χ4n) is 2.91. The van der Waals surface area contributed by atoms with Crippen LogP contribution in [0.1, 0.15) is 15.9 Å². The summed E-state index contributed by atoms with van der Waals surface area (Å²) in [6.45, 7) is 3.89. The molecule has 6 nitrogen and oxygen atoms in total. The van der Waals surface area contributed by atoms with E-state index in [4.69, 9.17) is 0 Å². The zero-order valence-corrected chi connectivity index (χ0v) is 16.6. The van der Waals surface area contributed by atoms with Gasteiger partial charge in [0.1, 0.15) is 0 Å². The molecular formula is C19H21IN4O2. The van der Waals surface area contributed by atoms with Crippen LogP contribution in [0.3, 0.4) is 0 Å². The number of carbonyl (C=O) groups is 2. The molecule has 0 aliphatic carbocycles. The summed E-state index contributed by atoms with van der Waals surface area (Å²) in [5.74, 6) is -0.246. The minimum Gasteiger partial charge on any atom is -0.343 e. The van der Waals surface area contributed by atoms with Crippen LogP contribution in [0.25, 0.3) is 0 Å². The summed E-state index contributed by atoms with van der Waals surface area (Å²) >= 11 is 2.12. The van der Waals surface area contributed by atoms with Gasteiger partial charge in [-0.2, -0.15) is 0 Å². The second kappa shape index (κ2) is 9.09. The highest BCUT2D eigenvalue weighted by Crippen LogP contribution is 2.11. The van der Waals surface area contributed by atoms with E-state index in [1.54, 1.807) is 12.3 Å². The van der Waals surface area contributed by atoms with Crippen LogP contribution in [0.5, 0.6) is 0 Å². The molecule has 1 fully saturated rings. The Morgan fingerprint density at radius 2 is 1.85 bits per heavy atom. The number of amides is 2. The first kappa shape index (κ1) is 18.8. The van der Waals surface area contributed by atoms with Gasteiger partial charge in [-0.3, -0.25) is 19.5 Å². The first-order valence-electron chi connectivity index (χ1n) is 8.55. The normalized spacial score (nSPS) is 14.9. The molecule has 0 atom stereocenters. The third-order valence-electron chi connectivity index (χ3n) is 4.37. The molecule has 1 aromatic heterocycles. The van der Waals surface area contributed by atoms with Gasteiger partial charge in [0.2, 0.25) is 5.91 Å². The van der Waals surface area contributed by atoms with Crippen LogP contribution < -0.4 is 5.32 Å². The second-order valence-electron chi connectivity index (χ2n) is 6.18. The van der Waals surface area contributed by atoms with Crippen molar-refractivity contribution in [2.24, 2.45) is 0 Å². The average molecular weight is 464 g/mol. The molecule has 136 valence electrons. The third kappa shape index (κ3) is 5.01. The molecule has 1 N–H and O–H groups in total. The van der Waals surface area contributed by atoms with E-state index < -0.39 is 0 Å². The van der Waals surface area contributed by atoms with Gasteiger partial charge < -0.3 is 10.2 Å². The molecule has 7 heteroatoms. The fourth-order valence-corrected chi connectivity index (χ4v) is 3.55. The van der Waals surface area contributed by atoms with Gasteiger partial charge in [-0.25, -0.2) is 0 Å². The number of nitrogens with zero attached hydrogens (tertiary/aromatic N) is 3. The van der Waals surface area contributed by atoms with Crippen LogP contribution in [0, 0.1) is 3.57 Å². The highest BCUT2D eigenvalue weighted by Gasteiger charge is 2.21. The lowest BCUT2D eigenvalue weighted by Gasteiger charge is -2.34. The van der Waals surface area contributed by atoms with Crippen molar-refractivity contribution in [3.63, 3.8) is 0 Å². The van der Waals surface area contributed by atoms with E-state index in [2.05, 4.69) is 43.9 Å². The second-order valence-corrected chi connectivity index (χ2v) is 7.34. The van der Waals surface area contributed by atoms with E-state index in [1.165, 1.54) is 5.56 Å². The van der Waals surface area contributed by atoms with Crippen molar-refractivity contribution in [3.8, 4) is 0 Å². The van der Waals surface area contributed by atoms with E-state index in [0.29, 0.717) is 18.7 Å². The van der Waals surface area contributed by atoms with Gasteiger partial charge in [0.25, 0.3) is 5.91 Å². The maximum atomic E-state index is 12.4. The molecular weight excluding hydrogens is 443 g/mol. The molecule has 3 rings (SSSR count). The lowest BCUT2D eigenvalue weighted by Crippen LogP contribution is -2.50. The molecule has 0 saturated carbocycles. The first-order valence-corrected chi connectivity index (χ1v) is 9.63. The van der Waals surface area contributed by atoms with Crippen LogP contribution in [-0.2, 0) is 11.3 Å². The summed E-state index contributed by atoms with van der Waals surface area (Å²) in [5.41, 5.74) is 1.78. The van der Waals surface area contributed by atoms with Gasteiger partial charge in [-0.1, -0.05) is 18.2 Å². The van der Waals surface area contributed by atoms with Crippen molar-refractivity contribution in [2.75, 3.05) is 32.7 Å². The number of nitrogens with one attached hydrogen (secondary N) is 1. The molecule has 1 aliphatic rings. The monoisotopic (exact) mass is 464 g/mol. The van der Waals surface area contributed by atoms with Crippen molar-refractivity contribution in [1.29, 1.82) is 0 Å². The molecule has 0 radical (unpaired) electrons. The lowest BCUT2D eigenvalue weighted by molar-refractivity contribution is -0.131. The molecule has 0 spiro atoms. The first-order chi connectivity index (χ1) is 12.6. The summed E-state index contributed by atoms with van der Waals surface area (Å²) in [7, 11) is 0. The number of halogens is 1. The highest BCUT2D eigenvalue weighted by molar-refractivity contribution is 14.1. The van der Waals surface area contributed by atoms with Crippen LogP contribution >= 0.6 is 22.6 Å². The van der Waals surface area contributed by atoms with Crippen molar-refractivity contribution < 1.29 is 9.59 Å². The Hall–Kier alpha value is -2.00. The van der Waals surface area contributed by atoms with Crippen molar-refractivity contribution in [3.05, 3.63) is 63.5 Å². The number of piperazine rings is 1. The predicted molar refractivity (Wildman–Crippen MR) is 108 cm³/mol. The molecule has 1 aliphatic heterocycles. The Labute approximate surface area is 166 Å². The van der Waals surface area contributed by atoms with Crippen molar-refractivity contribution >= 4 is 34.4 Å². The standard InChI is InChI=1S/C19H21IN4O2/c20-17-6-2-1-5-16(17)19(26)22-13-18(25)24-10-8-23(9-11-24)14-15-4-3-7-21-12-15/h1-7,12H,8-11,13-14H2,(H,22,26). The summed E-state index contributed by atoms with van der Waals surface area (Å²) in [5, 5.41) is 2.73. The molecule has 1 aromatic carbocycles. The largest absolute Gasteiger partial charge is 0.343 e. The number of carbonyl (C=O) groups excluding carboxylic acids is 2. The average Bonchev–Trinajstić information content (AvgIpc) is 2.67. The van der Waals surface area contributed by atoms with E-state index in [0.717, 1.165) is 23.2 Å². The summed E-state index contributed by atoms with van der Waals surface area (Å²) in [6, 6.07) is 11.3. The predicted octanol–water partition coefficient (Wildman–Crippen LogP) is 1.76. The summed E-state index contributed by atoms with van der Waals surface area (Å²) in [4.78, 5) is 32.8. The Morgan fingerprint density at radius 1 is 1.08 bits per heavy atom. The molecule has 2 heterocycles. The van der Waals surface area contributed by atoms with Crippen molar-refractivity contribution in [1.82, 2.24) is 20.1 Å². The van der Waals surface area contributed by atoms with Crippen LogP contribution in [-0.4, -0.2) is 59.3 Å². The Balaban J connectivity index is 1.44. The molecule has 0 bridgehead atoms. The maximum absolute atomic E-state index is 12.4. The number of pyridine rings is 1. The topological polar surface area (TPSA) is 65.5 Å². The van der Waals surface area contributed by atoms with E-state index in [9.17, 15) is 9.59 Å². The van der Waals surface area contributed by atoms with Crippen LogP contribution in [0.15, 0.2) is 48.8 Å².